The largest absolute Gasteiger partial charge is 0.853 e. The summed E-state index contributed by atoms with van der Waals surface area (Å²) < 4.78 is 96.3. The van der Waals surface area contributed by atoms with E-state index in [1.165, 1.54) is 23.0 Å². The molecule has 240 valence electrons. The van der Waals surface area contributed by atoms with Gasteiger partial charge in [0.2, 0.25) is 5.41 Å². The van der Waals surface area contributed by atoms with Gasteiger partial charge in [-0.3, -0.25) is 9.98 Å². The predicted octanol–water partition coefficient (Wildman–Crippen LogP) is 3.88. The van der Waals surface area contributed by atoms with Gasteiger partial charge in [0.15, 0.2) is 0 Å². The van der Waals surface area contributed by atoms with Crippen LogP contribution in [0.5, 0.6) is 0 Å². The smallest absolute Gasteiger partial charge is 0.411 e. The lowest BCUT2D eigenvalue weighted by atomic mass is 9.72. The molecule has 2 heterocycles. The maximum Gasteiger partial charge on any atom is 0.411 e. The van der Waals surface area contributed by atoms with E-state index in [1.54, 1.807) is 61.9 Å². The van der Waals surface area contributed by atoms with E-state index in [4.69, 9.17) is 0 Å². The molecule has 14 heteroatoms. The van der Waals surface area contributed by atoms with Crippen LogP contribution in [0.1, 0.15) is 47.8 Å². The summed E-state index contributed by atoms with van der Waals surface area (Å²) in [5.41, 5.74) is -7.24. The zero-order valence-electron chi connectivity index (χ0n) is 25.5. The van der Waals surface area contributed by atoms with Crippen LogP contribution in [0, 0.1) is 13.8 Å². The Hall–Kier alpha value is -4.62. The molecule has 4 rings (SSSR count). The first-order valence-electron chi connectivity index (χ1n) is 13.9. The van der Waals surface area contributed by atoms with Crippen LogP contribution in [-0.4, -0.2) is 33.3 Å². The van der Waals surface area contributed by atoms with E-state index in [9.17, 15) is 10.2 Å². The Morgan fingerprint density at radius 1 is 0.689 bits per heavy atom. The van der Waals surface area contributed by atoms with Gasteiger partial charge in [0.1, 0.15) is 24.8 Å². The SMILES string of the molecule is CCn1cc[n+](C)c1C([O-])=Nc1cc(C(c2ccc(C)c(N=C([O-])c3n(CC)cc[n+]3C)c2)(C(F)(F)F)C(F)(F)F)ccc1C. The molecular formula is C31H32F6N6O2. The van der Waals surface area contributed by atoms with Crippen molar-refractivity contribution in [1.82, 2.24) is 9.13 Å². The minimum Gasteiger partial charge on any atom is -0.853 e. The average molecular weight is 635 g/mol. The molecule has 0 saturated carbocycles. The third-order valence-corrected chi connectivity index (χ3v) is 7.80. The van der Waals surface area contributed by atoms with Crippen LogP contribution in [0.25, 0.3) is 0 Å². The summed E-state index contributed by atoms with van der Waals surface area (Å²) >= 11 is 0. The fourth-order valence-corrected chi connectivity index (χ4v) is 5.33. The van der Waals surface area contributed by atoms with Crippen molar-refractivity contribution >= 4 is 23.2 Å². The monoisotopic (exact) mass is 634 g/mol. The van der Waals surface area contributed by atoms with Crippen LogP contribution in [-0.2, 0) is 32.6 Å². The van der Waals surface area contributed by atoms with Gasteiger partial charge >= 0.3 is 12.4 Å². The van der Waals surface area contributed by atoms with E-state index in [0.717, 1.165) is 24.3 Å². The van der Waals surface area contributed by atoms with Gasteiger partial charge in [-0.15, -0.1) is 0 Å². The number of aromatic nitrogens is 4. The molecule has 0 aliphatic rings. The topological polar surface area (TPSA) is 88.5 Å². The van der Waals surface area contributed by atoms with Gasteiger partial charge < -0.3 is 10.2 Å². The Balaban J connectivity index is 1.98. The van der Waals surface area contributed by atoms with E-state index in [0.29, 0.717) is 25.2 Å². The van der Waals surface area contributed by atoms with E-state index in [1.807, 2.05) is 0 Å². The van der Waals surface area contributed by atoms with E-state index in [-0.39, 0.29) is 34.2 Å². The molecule has 2 aromatic carbocycles. The second-order valence-electron chi connectivity index (χ2n) is 10.6. The molecule has 45 heavy (non-hydrogen) atoms. The Morgan fingerprint density at radius 3 is 1.36 bits per heavy atom. The summed E-state index contributed by atoms with van der Waals surface area (Å²) in [5, 5.41) is 26.2. The van der Waals surface area contributed by atoms with Gasteiger partial charge in [-0.05, 0) is 62.1 Å². The molecule has 0 spiro atoms. The minimum atomic E-state index is -5.91. The molecule has 4 aromatic rings. The number of hydrogen-bond donors (Lipinski definition) is 0. The van der Waals surface area contributed by atoms with Crippen molar-refractivity contribution in [2.75, 3.05) is 0 Å². The molecule has 0 N–H and O–H groups in total. The van der Waals surface area contributed by atoms with Gasteiger partial charge in [-0.25, -0.2) is 18.3 Å². The summed E-state index contributed by atoms with van der Waals surface area (Å²) in [6, 6.07) is 4.87. The summed E-state index contributed by atoms with van der Waals surface area (Å²) in [6.45, 7) is 7.15. The number of benzene rings is 2. The lowest BCUT2D eigenvalue weighted by molar-refractivity contribution is -0.674. The maximum atomic E-state index is 15.1. The van der Waals surface area contributed by atoms with Gasteiger partial charge in [-0.2, -0.15) is 26.3 Å². The third-order valence-electron chi connectivity index (χ3n) is 7.80. The van der Waals surface area contributed by atoms with Gasteiger partial charge in [0, 0.05) is 0 Å². The zero-order chi connectivity index (χ0) is 33.5. The van der Waals surface area contributed by atoms with E-state index in [2.05, 4.69) is 9.98 Å². The van der Waals surface area contributed by atoms with Crippen molar-refractivity contribution in [3.8, 4) is 0 Å². The summed E-state index contributed by atoms with van der Waals surface area (Å²) in [7, 11) is 3.14. The number of hydrogen-bond acceptors (Lipinski definition) is 4. The third kappa shape index (κ3) is 5.80. The number of aryl methyl sites for hydroxylation is 6. The number of aliphatic imine (C=N–C) groups is 2. The Labute approximate surface area is 255 Å². The van der Waals surface area contributed by atoms with Crippen LogP contribution in [0.3, 0.4) is 0 Å². The minimum absolute atomic E-state index is 0.0947. The number of nitrogens with zero attached hydrogens (tertiary/aromatic N) is 6. The highest BCUT2D eigenvalue weighted by Gasteiger charge is 2.72. The number of rotatable bonds is 8. The normalized spacial score (nSPS) is 13.5. The molecule has 0 atom stereocenters. The van der Waals surface area contributed by atoms with Crippen molar-refractivity contribution in [1.29, 1.82) is 0 Å². The van der Waals surface area contributed by atoms with Gasteiger partial charge in [0.05, 0.1) is 50.4 Å². The molecule has 2 aromatic heterocycles. The molecule has 0 radical (unpaired) electrons. The molecule has 0 amide bonds. The highest BCUT2D eigenvalue weighted by Crippen LogP contribution is 2.57. The number of alkyl halides is 6. The predicted molar refractivity (Wildman–Crippen MR) is 150 cm³/mol. The van der Waals surface area contributed by atoms with Crippen LogP contribution in [0.15, 0.2) is 71.2 Å². The van der Waals surface area contributed by atoms with Crippen LogP contribution >= 0.6 is 0 Å². The van der Waals surface area contributed by atoms with Gasteiger partial charge in [0.25, 0.3) is 11.6 Å². The number of imidazole rings is 2. The molecule has 0 unspecified atom stereocenters. The van der Waals surface area contributed by atoms with E-state index < -0.39 is 40.7 Å². The highest BCUT2D eigenvalue weighted by atomic mass is 19.4. The first-order valence-corrected chi connectivity index (χ1v) is 13.9. The average Bonchev–Trinajstić information content (AvgIpc) is 3.52. The molecular weight excluding hydrogens is 602 g/mol. The lowest BCUT2D eigenvalue weighted by Crippen LogP contribution is -2.54. The summed E-state index contributed by atoms with van der Waals surface area (Å²) in [5.74, 6) is -1.49. The Morgan fingerprint density at radius 2 is 1.04 bits per heavy atom. The van der Waals surface area contributed by atoms with Crippen molar-refractivity contribution in [3.63, 3.8) is 0 Å². The van der Waals surface area contributed by atoms with Crippen molar-refractivity contribution in [2.24, 2.45) is 24.1 Å². The lowest BCUT2D eigenvalue weighted by Gasteiger charge is -2.38. The molecule has 0 aliphatic carbocycles. The zero-order valence-corrected chi connectivity index (χ0v) is 25.5. The Bertz CT molecular complexity index is 1650. The fraction of sp³-hybridized carbons (Fsp3) is 0.355. The fourth-order valence-electron chi connectivity index (χ4n) is 5.33. The van der Waals surface area contributed by atoms with Crippen LogP contribution < -0.4 is 19.3 Å². The van der Waals surface area contributed by atoms with E-state index >= 15 is 26.3 Å². The summed E-state index contributed by atoms with van der Waals surface area (Å²) in [4.78, 5) is 7.89. The van der Waals surface area contributed by atoms with Crippen LogP contribution in [0.4, 0.5) is 37.7 Å². The van der Waals surface area contributed by atoms with Crippen molar-refractivity contribution in [3.05, 3.63) is 95.1 Å². The first kappa shape index (κ1) is 33.3. The molecule has 8 nitrogen and oxygen atoms in total. The molecule has 0 saturated heterocycles. The van der Waals surface area contributed by atoms with Crippen molar-refractivity contribution < 1.29 is 45.7 Å². The standard InChI is InChI=1S/C31H32F6N6O2/c1-7-42-15-13-40(5)27(42)25(44)38-23-17-21(11-9-19(23)3)29(30(32,33)34,31(35,36)37)22-12-10-20(4)24(18-22)39-26(45)28-41(6)14-16-43(28)8-2/h9-18H,7-8H2,1-6H3. The first-order chi connectivity index (χ1) is 21.0. The number of halogens is 6. The van der Waals surface area contributed by atoms with Crippen molar-refractivity contribution in [2.45, 2.75) is 58.6 Å². The molecule has 0 aliphatic heterocycles. The van der Waals surface area contributed by atoms with Gasteiger partial charge in [-0.1, -0.05) is 24.3 Å². The molecule has 0 fully saturated rings. The summed E-state index contributed by atoms with van der Waals surface area (Å²) in [6.07, 6.45) is -5.45. The second-order valence-corrected chi connectivity index (χ2v) is 10.6. The second kappa shape index (κ2) is 12.1. The Kier molecular flexibility index (Phi) is 8.91. The molecule has 0 bridgehead atoms. The highest BCUT2D eigenvalue weighted by molar-refractivity contribution is 5.88. The maximum absolute atomic E-state index is 15.1. The van der Waals surface area contributed by atoms with Crippen LogP contribution in [0.2, 0.25) is 0 Å². The quantitative estimate of drug-likeness (QED) is 0.128.